The second kappa shape index (κ2) is 12.5. The third kappa shape index (κ3) is 5.78. The van der Waals surface area contributed by atoms with Crippen molar-refractivity contribution >= 4 is 90.7 Å². The van der Waals surface area contributed by atoms with Gasteiger partial charge in [0, 0.05) is 73.2 Å². The highest BCUT2D eigenvalue weighted by molar-refractivity contribution is 7.31. The van der Waals surface area contributed by atoms with E-state index >= 15 is 0 Å². The van der Waals surface area contributed by atoms with E-state index in [9.17, 15) is 0 Å². The van der Waals surface area contributed by atoms with Crippen molar-refractivity contribution in [3.8, 4) is 68.3 Å². The summed E-state index contributed by atoms with van der Waals surface area (Å²) < 4.78 is 0. The topological polar surface area (TPSA) is 4.36 Å². The van der Waals surface area contributed by atoms with Crippen LogP contribution in [-0.2, 0) is 6.42 Å². The van der Waals surface area contributed by atoms with Gasteiger partial charge in [0.1, 0.15) is 0 Å². The average Bonchev–Trinajstić information content (AvgIpc) is 3.91. The van der Waals surface area contributed by atoms with Crippen molar-refractivity contribution in [1.82, 2.24) is 0 Å². The van der Waals surface area contributed by atoms with Crippen molar-refractivity contribution in [3.05, 3.63) is 119 Å². The Morgan fingerprint density at radius 2 is 0.705 bits per heavy atom. The van der Waals surface area contributed by atoms with Crippen LogP contribution in [0, 0.1) is 6.57 Å². The fourth-order valence-corrected chi connectivity index (χ4v) is 13.3. The van der Waals surface area contributed by atoms with Crippen LogP contribution in [0.2, 0.25) is 0 Å². The summed E-state index contributed by atoms with van der Waals surface area (Å²) in [5.74, 6) is 0. The van der Waals surface area contributed by atoms with Crippen molar-refractivity contribution in [1.29, 1.82) is 0 Å². The lowest BCUT2D eigenvalue weighted by Gasteiger charge is -1.93. The lowest BCUT2D eigenvalue weighted by atomic mass is 10.3. The molecule has 8 aromatic rings. The molecule has 0 amide bonds. The van der Waals surface area contributed by atoms with Gasteiger partial charge in [-0.1, -0.05) is 6.07 Å². The maximum Gasteiger partial charge on any atom is 0.219 e. The normalized spacial score (nSPS) is 11.3. The summed E-state index contributed by atoms with van der Waals surface area (Å²) in [6.45, 7) is 7.61. The Labute approximate surface area is 288 Å². The van der Waals surface area contributed by atoms with Crippen LogP contribution >= 0.6 is 90.7 Å². The Balaban J connectivity index is 0.968. The maximum atomic E-state index is 7.04. The van der Waals surface area contributed by atoms with Crippen LogP contribution in [0.3, 0.4) is 0 Å². The van der Waals surface area contributed by atoms with Crippen LogP contribution in [0.4, 0.5) is 0 Å². The first-order valence-electron chi connectivity index (χ1n) is 13.8. The van der Waals surface area contributed by atoms with Gasteiger partial charge in [-0.2, -0.15) is 0 Å². The predicted octanol–water partition coefficient (Wildman–Crippen LogP) is 14.3. The molecule has 44 heavy (non-hydrogen) atoms. The standard InChI is InChI=1S/C35H21NS8/c1-36-19-18-21-4-5-24(38-21)25-8-9-28(40-25)29-12-13-32(42-29)33-16-17-35(44-33)34-15-14-31(43-34)30-11-10-27(41-30)26-7-6-23(39-26)22-3-2-20-37-22/h2-17,20H,18-19H2. The van der Waals surface area contributed by atoms with E-state index in [4.69, 9.17) is 6.57 Å². The molecule has 0 aromatic carbocycles. The molecule has 0 fully saturated rings. The van der Waals surface area contributed by atoms with Crippen molar-refractivity contribution in [2.24, 2.45) is 0 Å². The van der Waals surface area contributed by atoms with E-state index in [-0.39, 0.29) is 0 Å². The summed E-state index contributed by atoms with van der Waals surface area (Å²) in [4.78, 5) is 23.3. The molecule has 8 aromatic heterocycles. The van der Waals surface area contributed by atoms with Gasteiger partial charge in [0.25, 0.3) is 0 Å². The van der Waals surface area contributed by atoms with E-state index < -0.39 is 0 Å². The van der Waals surface area contributed by atoms with Crippen molar-refractivity contribution < 1.29 is 0 Å². The summed E-state index contributed by atoms with van der Waals surface area (Å²) in [6, 6.07) is 35.9. The van der Waals surface area contributed by atoms with Crippen molar-refractivity contribution in [3.63, 3.8) is 0 Å². The molecule has 0 unspecified atom stereocenters. The Hall–Kier alpha value is -2.91. The van der Waals surface area contributed by atoms with Crippen LogP contribution < -0.4 is 0 Å². The van der Waals surface area contributed by atoms with Gasteiger partial charge in [-0.3, -0.25) is 0 Å². The van der Waals surface area contributed by atoms with Gasteiger partial charge < -0.3 is 4.85 Å². The van der Waals surface area contributed by atoms with Gasteiger partial charge in [0.05, 0.1) is 6.42 Å². The van der Waals surface area contributed by atoms with E-state index in [1.165, 1.54) is 73.2 Å². The quantitative estimate of drug-likeness (QED) is 0.131. The van der Waals surface area contributed by atoms with Gasteiger partial charge in [-0.25, -0.2) is 6.57 Å². The fraction of sp³-hybridized carbons (Fsp3) is 0.0571. The highest BCUT2D eigenvalue weighted by Gasteiger charge is 2.15. The molecule has 0 aliphatic rings. The van der Waals surface area contributed by atoms with Crippen LogP contribution in [0.5, 0.6) is 0 Å². The molecule has 0 atom stereocenters. The van der Waals surface area contributed by atoms with Crippen molar-refractivity contribution in [2.75, 3.05) is 6.54 Å². The smallest absolute Gasteiger partial charge is 0.219 e. The molecule has 0 saturated carbocycles. The minimum Gasteiger partial charge on any atom is -0.317 e. The zero-order valence-electron chi connectivity index (χ0n) is 22.9. The van der Waals surface area contributed by atoms with Crippen LogP contribution in [-0.4, -0.2) is 6.54 Å². The minimum absolute atomic E-state index is 0.564. The van der Waals surface area contributed by atoms with E-state index in [0.29, 0.717) is 6.54 Å². The Kier molecular flexibility index (Phi) is 8.09. The third-order valence-corrected chi connectivity index (χ3v) is 16.9. The first-order chi connectivity index (χ1) is 21.7. The fourth-order valence-electron chi connectivity index (χ4n) is 4.85. The molecule has 8 rings (SSSR count). The maximum absolute atomic E-state index is 7.04. The highest BCUT2D eigenvalue weighted by atomic mass is 32.1. The van der Waals surface area contributed by atoms with Crippen LogP contribution in [0.25, 0.3) is 73.1 Å². The first kappa shape index (κ1) is 28.6. The van der Waals surface area contributed by atoms with Crippen LogP contribution in [0.15, 0.2) is 102 Å². The number of thiophene rings is 8. The summed E-state index contributed by atoms with van der Waals surface area (Å²) in [6.07, 6.45) is 0.845. The van der Waals surface area contributed by atoms with Gasteiger partial charge in [-0.05, 0) is 96.4 Å². The molecule has 214 valence electrons. The Bertz CT molecular complexity index is 2210. The second-order valence-corrected chi connectivity index (χ2v) is 18.5. The Morgan fingerprint density at radius 1 is 0.386 bits per heavy atom. The monoisotopic (exact) mass is 711 g/mol. The zero-order valence-corrected chi connectivity index (χ0v) is 29.5. The molecular weight excluding hydrogens is 691 g/mol. The third-order valence-electron chi connectivity index (χ3n) is 6.99. The summed E-state index contributed by atoms with van der Waals surface area (Å²) in [5, 5.41) is 2.14. The number of hydrogen-bond donors (Lipinski definition) is 0. The Morgan fingerprint density at radius 3 is 1.02 bits per heavy atom. The average molecular weight is 712 g/mol. The number of rotatable bonds is 9. The van der Waals surface area contributed by atoms with E-state index in [1.54, 1.807) is 11.3 Å². The van der Waals surface area contributed by atoms with E-state index in [1.807, 2.05) is 79.4 Å². The molecule has 0 saturated heterocycles. The van der Waals surface area contributed by atoms with Gasteiger partial charge >= 0.3 is 0 Å². The lowest BCUT2D eigenvalue weighted by molar-refractivity contribution is 1.11. The molecule has 8 heterocycles. The molecule has 9 heteroatoms. The second-order valence-electron chi connectivity index (χ2n) is 9.86. The van der Waals surface area contributed by atoms with Crippen molar-refractivity contribution in [2.45, 2.75) is 6.42 Å². The lowest BCUT2D eigenvalue weighted by Crippen LogP contribution is -1.80. The SMILES string of the molecule is [C-]#[N+]CCc1ccc(-c2ccc(-c3ccc(-c4ccc(-c5ccc(-c6ccc(-c7ccc(-c8cccs8)s7)s6)s5)s4)s3)s2)s1. The van der Waals surface area contributed by atoms with Gasteiger partial charge in [-0.15, -0.1) is 90.7 Å². The minimum atomic E-state index is 0.564. The first-order valence-corrected chi connectivity index (χ1v) is 20.4. The predicted molar refractivity (Wildman–Crippen MR) is 203 cm³/mol. The summed E-state index contributed by atoms with van der Waals surface area (Å²) in [5.41, 5.74) is 0. The van der Waals surface area contributed by atoms with E-state index in [2.05, 4.69) is 107 Å². The molecule has 0 N–H and O–H groups in total. The largest absolute Gasteiger partial charge is 0.317 e. The molecular formula is C35H21NS8. The summed E-state index contributed by atoms with van der Waals surface area (Å²) in [7, 11) is 0. The number of hydrogen-bond acceptors (Lipinski definition) is 8. The van der Waals surface area contributed by atoms with E-state index in [0.717, 1.165) is 6.42 Å². The van der Waals surface area contributed by atoms with Gasteiger partial charge in [0.15, 0.2) is 0 Å². The van der Waals surface area contributed by atoms with Gasteiger partial charge in [0.2, 0.25) is 6.54 Å². The highest BCUT2D eigenvalue weighted by Crippen LogP contribution is 2.47. The number of nitrogens with zero attached hydrogens (tertiary/aromatic N) is 1. The summed E-state index contributed by atoms with van der Waals surface area (Å²) >= 11 is 14.9. The molecule has 0 spiro atoms. The zero-order chi connectivity index (χ0) is 29.5. The molecule has 0 radical (unpaired) electrons. The molecule has 0 bridgehead atoms. The van der Waals surface area contributed by atoms with Crippen LogP contribution in [0.1, 0.15) is 4.88 Å². The molecule has 0 aliphatic carbocycles. The molecule has 0 aliphatic heterocycles. The molecule has 1 nitrogen and oxygen atoms in total.